The second-order valence-electron chi connectivity index (χ2n) is 7.84. The highest BCUT2D eigenvalue weighted by Crippen LogP contribution is 2.33. The van der Waals surface area contributed by atoms with Crippen molar-refractivity contribution in [3.63, 3.8) is 0 Å². The van der Waals surface area contributed by atoms with E-state index in [1.807, 2.05) is 0 Å². The van der Waals surface area contributed by atoms with Gasteiger partial charge in [-0.1, -0.05) is 6.07 Å². The molecule has 4 heterocycles. The van der Waals surface area contributed by atoms with Crippen LogP contribution in [0.25, 0.3) is 16.9 Å². The lowest BCUT2D eigenvalue weighted by Gasteiger charge is -2.28. The van der Waals surface area contributed by atoms with Crippen molar-refractivity contribution >= 4 is 11.5 Å². The van der Waals surface area contributed by atoms with Crippen LogP contribution in [-0.4, -0.2) is 55.7 Å². The Morgan fingerprint density at radius 2 is 2.10 bits per heavy atom. The van der Waals surface area contributed by atoms with Crippen LogP contribution in [0.4, 0.5) is 19.1 Å². The van der Waals surface area contributed by atoms with Crippen molar-refractivity contribution in [2.45, 2.75) is 44.3 Å². The van der Waals surface area contributed by atoms with Crippen molar-refractivity contribution in [2.24, 2.45) is 0 Å². The second-order valence-corrected chi connectivity index (χ2v) is 7.84. The van der Waals surface area contributed by atoms with Gasteiger partial charge in [0, 0.05) is 24.4 Å². The molecule has 0 aromatic carbocycles. The quantitative estimate of drug-likeness (QED) is 0.658. The van der Waals surface area contributed by atoms with E-state index in [9.17, 15) is 18.3 Å². The average molecular weight is 421 g/mol. The van der Waals surface area contributed by atoms with Crippen LogP contribution in [0.15, 0.2) is 30.6 Å². The molecule has 0 amide bonds. The summed E-state index contributed by atoms with van der Waals surface area (Å²) in [4.78, 5) is 8.29. The smallest absolute Gasteiger partial charge is 0.241 e. The molecule has 3 aromatic heterocycles. The third-order valence-electron chi connectivity index (χ3n) is 5.05. The first-order chi connectivity index (χ1) is 14.2. The van der Waals surface area contributed by atoms with E-state index < -0.39 is 23.8 Å². The predicted octanol–water partition coefficient (Wildman–Crippen LogP) is 3.25. The molecule has 4 rings (SSSR count). The van der Waals surface area contributed by atoms with Gasteiger partial charge in [0.05, 0.1) is 36.3 Å². The minimum absolute atomic E-state index is 0.0954. The maximum atomic E-state index is 14.4. The van der Waals surface area contributed by atoms with Crippen LogP contribution >= 0.6 is 0 Å². The van der Waals surface area contributed by atoms with Crippen LogP contribution in [0, 0.1) is 5.82 Å². The number of ether oxygens (including phenoxy) is 1. The largest absolute Gasteiger partial charge is 0.389 e. The molecule has 2 N–H and O–H groups in total. The Bertz CT molecular complexity index is 1040. The van der Waals surface area contributed by atoms with Gasteiger partial charge in [-0.05, 0) is 26.3 Å². The van der Waals surface area contributed by atoms with Gasteiger partial charge < -0.3 is 15.2 Å². The Labute approximate surface area is 170 Å². The number of aliphatic hydroxyl groups is 1. The van der Waals surface area contributed by atoms with E-state index in [1.165, 1.54) is 35.1 Å². The number of aliphatic hydroxyl groups excluding tert-OH is 1. The lowest BCUT2D eigenvalue weighted by atomic mass is 9.99. The summed E-state index contributed by atoms with van der Waals surface area (Å²) < 4.78 is 49.0. The van der Waals surface area contributed by atoms with Gasteiger partial charge in [0.15, 0.2) is 12.0 Å². The second kappa shape index (κ2) is 7.84. The van der Waals surface area contributed by atoms with E-state index in [0.29, 0.717) is 24.4 Å². The van der Waals surface area contributed by atoms with Crippen LogP contribution in [0.1, 0.15) is 32.0 Å². The maximum absolute atomic E-state index is 14.4. The highest BCUT2D eigenvalue weighted by atomic mass is 19.2. The highest BCUT2D eigenvalue weighted by Gasteiger charge is 2.31. The molecule has 3 atom stereocenters. The Kier molecular flexibility index (Phi) is 5.37. The van der Waals surface area contributed by atoms with Gasteiger partial charge in [-0.25, -0.2) is 22.7 Å². The number of aromatic nitrogens is 4. The van der Waals surface area contributed by atoms with Crippen LogP contribution < -0.4 is 5.32 Å². The fourth-order valence-electron chi connectivity index (χ4n) is 3.36. The number of hydrogen-bond acceptors (Lipinski definition) is 6. The number of anilines is 1. The van der Waals surface area contributed by atoms with E-state index in [2.05, 4.69) is 20.4 Å². The van der Waals surface area contributed by atoms with Crippen molar-refractivity contribution in [2.75, 3.05) is 18.5 Å². The average Bonchev–Trinajstić information content (AvgIpc) is 3.04. The summed E-state index contributed by atoms with van der Waals surface area (Å²) in [6.45, 7) is 3.03. The van der Waals surface area contributed by atoms with Gasteiger partial charge in [0.25, 0.3) is 0 Å². The van der Waals surface area contributed by atoms with Crippen molar-refractivity contribution < 1.29 is 23.0 Å². The minimum Gasteiger partial charge on any atom is -0.389 e. The maximum Gasteiger partial charge on any atom is 0.241 e. The molecule has 0 bridgehead atoms. The molecule has 10 heteroatoms. The molecule has 0 spiro atoms. The summed E-state index contributed by atoms with van der Waals surface area (Å²) in [6.07, 6.45) is 0.605. The predicted molar refractivity (Wildman–Crippen MR) is 104 cm³/mol. The van der Waals surface area contributed by atoms with Gasteiger partial charge in [-0.3, -0.25) is 4.98 Å². The zero-order valence-corrected chi connectivity index (χ0v) is 16.5. The monoisotopic (exact) mass is 421 g/mol. The molecule has 7 nitrogen and oxygen atoms in total. The summed E-state index contributed by atoms with van der Waals surface area (Å²) in [5, 5.41) is 17.4. The van der Waals surface area contributed by atoms with E-state index in [-0.39, 0.29) is 29.7 Å². The molecule has 1 fully saturated rings. The van der Waals surface area contributed by atoms with Crippen LogP contribution in [0.3, 0.4) is 0 Å². The normalized spacial score (nSPS) is 21.0. The molecular weight excluding hydrogens is 399 g/mol. The molecule has 0 saturated carbocycles. The molecule has 30 heavy (non-hydrogen) atoms. The Hall–Kier alpha value is -2.72. The molecule has 0 radical (unpaired) electrons. The zero-order valence-electron chi connectivity index (χ0n) is 16.5. The number of pyridine rings is 1. The summed E-state index contributed by atoms with van der Waals surface area (Å²) in [5.74, 6) is -0.327. The van der Waals surface area contributed by atoms with Gasteiger partial charge >= 0.3 is 0 Å². The molecule has 1 aliphatic rings. The fourth-order valence-corrected chi connectivity index (χ4v) is 3.36. The van der Waals surface area contributed by atoms with Crippen molar-refractivity contribution in [1.29, 1.82) is 0 Å². The number of hydrogen-bond donors (Lipinski definition) is 2. The SMILES string of the molecule is CC(C)(F)C(F)c1ccc(-c2cc(F)c3cnc(N[C@@H]4CCOC[C@H]4O)nn23)nc1. The van der Waals surface area contributed by atoms with Gasteiger partial charge in [0.1, 0.15) is 11.2 Å². The summed E-state index contributed by atoms with van der Waals surface area (Å²) >= 11 is 0. The zero-order chi connectivity index (χ0) is 21.5. The van der Waals surface area contributed by atoms with Crippen molar-refractivity contribution in [3.8, 4) is 11.4 Å². The number of fused-ring (bicyclic) bond motifs is 1. The summed E-state index contributed by atoms with van der Waals surface area (Å²) in [7, 11) is 0. The number of alkyl halides is 2. The molecule has 0 aliphatic carbocycles. The molecule has 1 saturated heterocycles. The third kappa shape index (κ3) is 3.97. The number of nitrogens with zero attached hydrogens (tertiary/aromatic N) is 4. The first kappa shape index (κ1) is 20.5. The van der Waals surface area contributed by atoms with E-state index in [0.717, 1.165) is 13.8 Å². The van der Waals surface area contributed by atoms with Gasteiger partial charge in [0.2, 0.25) is 5.95 Å². The lowest BCUT2D eigenvalue weighted by Crippen LogP contribution is -2.42. The first-order valence-electron chi connectivity index (χ1n) is 9.60. The topological polar surface area (TPSA) is 84.6 Å². The highest BCUT2D eigenvalue weighted by molar-refractivity contribution is 5.64. The van der Waals surface area contributed by atoms with Crippen molar-refractivity contribution in [3.05, 3.63) is 42.0 Å². The minimum atomic E-state index is -2.04. The number of rotatable bonds is 5. The lowest BCUT2D eigenvalue weighted by molar-refractivity contribution is -0.0136. The third-order valence-corrected chi connectivity index (χ3v) is 5.05. The van der Waals surface area contributed by atoms with Crippen LogP contribution in [0.5, 0.6) is 0 Å². The molecular formula is C20H22F3N5O2. The summed E-state index contributed by atoms with van der Waals surface area (Å²) in [6, 6.07) is 3.88. The molecule has 160 valence electrons. The van der Waals surface area contributed by atoms with Gasteiger partial charge in [-0.2, -0.15) is 0 Å². The van der Waals surface area contributed by atoms with Gasteiger partial charge in [-0.15, -0.1) is 5.10 Å². The number of halogens is 3. The van der Waals surface area contributed by atoms with Crippen molar-refractivity contribution in [1.82, 2.24) is 19.6 Å². The fraction of sp³-hybridized carbons (Fsp3) is 0.450. The van der Waals surface area contributed by atoms with E-state index >= 15 is 0 Å². The first-order valence-corrected chi connectivity index (χ1v) is 9.60. The molecule has 1 unspecified atom stereocenters. The Balaban J connectivity index is 1.65. The number of nitrogens with one attached hydrogen (secondary N) is 1. The van der Waals surface area contributed by atoms with Crippen LogP contribution in [-0.2, 0) is 4.74 Å². The molecule has 1 aliphatic heterocycles. The Morgan fingerprint density at radius 3 is 2.77 bits per heavy atom. The van der Waals surface area contributed by atoms with E-state index in [1.54, 1.807) is 0 Å². The van der Waals surface area contributed by atoms with E-state index in [4.69, 9.17) is 4.74 Å². The van der Waals surface area contributed by atoms with Crippen LogP contribution in [0.2, 0.25) is 0 Å². The Morgan fingerprint density at radius 1 is 1.30 bits per heavy atom. The molecule has 3 aromatic rings. The standard InChI is InChI=1S/C20H22F3N5O2/c1-20(2,23)18(22)11-3-4-13(24-8-11)15-7-12(21)16-9-25-19(27-28(15)16)26-14-5-6-30-10-17(14)29/h3-4,7-9,14,17-18,29H,5-6,10H2,1-2H3,(H,26,27)/t14-,17-,18?/m1/s1. The summed E-state index contributed by atoms with van der Waals surface area (Å²) in [5.41, 5.74) is -1.13.